The Bertz CT molecular complexity index is 574. The molecule has 1 fully saturated rings. The second-order valence-corrected chi connectivity index (χ2v) is 9.07. The Hall–Kier alpha value is -0.390. The number of hydrogen-bond donors (Lipinski definition) is 1. The van der Waals surface area contributed by atoms with Crippen molar-refractivity contribution in [2.45, 2.75) is 57.8 Å². The van der Waals surface area contributed by atoms with E-state index in [-0.39, 0.29) is 11.2 Å². The Morgan fingerprint density at radius 1 is 1.18 bits per heavy atom. The number of rotatable bonds is 7. The molecule has 0 saturated heterocycles. The van der Waals surface area contributed by atoms with Crippen LogP contribution in [0, 0.1) is 5.41 Å². The van der Waals surface area contributed by atoms with Gasteiger partial charge in [0, 0.05) is 4.47 Å². The monoisotopic (exact) mass is 388 g/mol. The lowest BCUT2D eigenvalue weighted by atomic mass is 9.69. The third kappa shape index (κ3) is 4.80. The van der Waals surface area contributed by atoms with Gasteiger partial charge in [-0.1, -0.05) is 54.2 Å². The number of halogens is 1. The molecule has 5 heteroatoms. The summed E-state index contributed by atoms with van der Waals surface area (Å²) in [5.74, 6) is 0.365. The van der Waals surface area contributed by atoms with Crippen LogP contribution in [0.4, 0.5) is 0 Å². The van der Waals surface area contributed by atoms with Gasteiger partial charge in [0.1, 0.15) is 0 Å². The normalized spacial score (nSPS) is 19.2. The molecule has 0 aromatic heterocycles. The zero-order valence-electron chi connectivity index (χ0n) is 13.1. The summed E-state index contributed by atoms with van der Waals surface area (Å²) >= 11 is 3.48. The van der Waals surface area contributed by atoms with E-state index in [1.807, 2.05) is 0 Å². The summed E-state index contributed by atoms with van der Waals surface area (Å²) in [5.41, 5.74) is 1.65. The van der Waals surface area contributed by atoms with Gasteiger partial charge in [-0.25, -0.2) is 0 Å². The number of hydrogen-bond acceptors (Lipinski definition) is 2. The third-order valence-electron chi connectivity index (χ3n) is 5.21. The average molecular weight is 389 g/mol. The van der Waals surface area contributed by atoms with Gasteiger partial charge >= 0.3 is 0 Å². The van der Waals surface area contributed by atoms with Crippen LogP contribution in [0.1, 0.15) is 63.4 Å². The van der Waals surface area contributed by atoms with E-state index in [9.17, 15) is 8.42 Å². The molecular weight excluding hydrogens is 364 g/mol. The molecule has 1 saturated carbocycles. The minimum absolute atomic E-state index is 0.115. The lowest BCUT2D eigenvalue weighted by Gasteiger charge is -2.36. The number of unbranched alkanes of at least 4 members (excludes halogenated alkanes) is 1. The van der Waals surface area contributed by atoms with Crippen molar-refractivity contribution in [2.75, 3.05) is 5.75 Å². The summed E-state index contributed by atoms with van der Waals surface area (Å²) < 4.78 is 31.6. The largest absolute Gasteiger partial charge is 0.286 e. The van der Waals surface area contributed by atoms with Crippen molar-refractivity contribution in [1.82, 2.24) is 0 Å². The van der Waals surface area contributed by atoms with Crippen LogP contribution in [0.15, 0.2) is 28.7 Å². The summed E-state index contributed by atoms with van der Waals surface area (Å²) in [6.07, 6.45) is 7.42. The molecule has 1 aromatic rings. The van der Waals surface area contributed by atoms with Crippen LogP contribution in [0.2, 0.25) is 0 Å². The first-order chi connectivity index (χ1) is 10.3. The van der Waals surface area contributed by atoms with Gasteiger partial charge in [0.2, 0.25) is 0 Å². The first-order valence-electron chi connectivity index (χ1n) is 8.03. The van der Waals surface area contributed by atoms with Gasteiger partial charge in [-0.05, 0) is 54.7 Å². The molecule has 0 bridgehead atoms. The molecule has 0 aliphatic heterocycles. The fourth-order valence-electron chi connectivity index (χ4n) is 3.85. The molecule has 3 nitrogen and oxygen atoms in total. The van der Waals surface area contributed by atoms with Crippen molar-refractivity contribution < 1.29 is 13.0 Å². The topological polar surface area (TPSA) is 54.4 Å². The molecule has 1 aliphatic carbocycles. The Morgan fingerprint density at radius 3 is 2.32 bits per heavy atom. The minimum atomic E-state index is -3.82. The van der Waals surface area contributed by atoms with Crippen LogP contribution in [0.25, 0.3) is 0 Å². The van der Waals surface area contributed by atoms with Crippen molar-refractivity contribution in [1.29, 1.82) is 0 Å². The Balaban J connectivity index is 2.02. The van der Waals surface area contributed by atoms with Crippen LogP contribution in [-0.4, -0.2) is 18.7 Å². The fraction of sp³-hybridized carbons (Fsp3) is 0.647. The summed E-state index contributed by atoms with van der Waals surface area (Å²) in [5, 5.41) is 0. The summed E-state index contributed by atoms with van der Waals surface area (Å²) in [4.78, 5) is 0. The van der Waals surface area contributed by atoms with Gasteiger partial charge in [0.15, 0.2) is 0 Å². The molecular formula is C17H25BrO3S. The Morgan fingerprint density at radius 2 is 1.77 bits per heavy atom. The predicted molar refractivity (Wildman–Crippen MR) is 93.7 cm³/mol. The second kappa shape index (κ2) is 7.45. The second-order valence-electron chi connectivity index (χ2n) is 6.59. The van der Waals surface area contributed by atoms with Crippen LogP contribution >= 0.6 is 15.9 Å². The maximum atomic E-state index is 10.8. The van der Waals surface area contributed by atoms with Crippen LogP contribution in [0.5, 0.6) is 0 Å². The van der Waals surface area contributed by atoms with E-state index < -0.39 is 10.1 Å². The van der Waals surface area contributed by atoms with E-state index in [1.54, 1.807) is 0 Å². The quantitative estimate of drug-likeness (QED) is 0.517. The molecule has 1 N–H and O–H groups in total. The van der Waals surface area contributed by atoms with Crippen molar-refractivity contribution in [3.8, 4) is 0 Å². The lowest BCUT2D eigenvalue weighted by Crippen LogP contribution is -2.24. The molecule has 1 atom stereocenters. The first-order valence-corrected chi connectivity index (χ1v) is 10.4. The predicted octanol–water partition coefficient (Wildman–Crippen LogP) is 5.17. The average Bonchev–Trinajstić information content (AvgIpc) is 2.93. The SMILES string of the molecule is CC(c1ccc(Br)cc1)C1(CCCCS(=O)(=O)O)CCCC1. The highest BCUT2D eigenvalue weighted by molar-refractivity contribution is 9.10. The van der Waals surface area contributed by atoms with Crippen molar-refractivity contribution in [2.24, 2.45) is 5.41 Å². The molecule has 0 spiro atoms. The fourth-order valence-corrected chi connectivity index (χ4v) is 4.68. The highest BCUT2D eigenvalue weighted by Crippen LogP contribution is 2.52. The molecule has 0 amide bonds. The highest BCUT2D eigenvalue weighted by Gasteiger charge is 2.38. The van der Waals surface area contributed by atoms with E-state index in [0.29, 0.717) is 12.3 Å². The first kappa shape index (κ1) is 18.0. The van der Waals surface area contributed by atoms with Crippen LogP contribution in [-0.2, 0) is 10.1 Å². The highest BCUT2D eigenvalue weighted by atomic mass is 79.9. The molecule has 0 heterocycles. The van der Waals surface area contributed by atoms with Gasteiger partial charge in [-0.3, -0.25) is 4.55 Å². The summed E-state index contributed by atoms with van der Waals surface area (Å²) in [6.45, 7) is 2.30. The summed E-state index contributed by atoms with van der Waals surface area (Å²) in [6, 6.07) is 8.56. The Kier molecular flexibility index (Phi) is 6.08. The molecule has 1 aromatic carbocycles. The van der Waals surface area contributed by atoms with Gasteiger partial charge < -0.3 is 0 Å². The van der Waals surface area contributed by atoms with E-state index in [4.69, 9.17) is 4.55 Å². The lowest BCUT2D eigenvalue weighted by molar-refractivity contribution is 0.214. The van der Waals surface area contributed by atoms with Gasteiger partial charge in [0.25, 0.3) is 10.1 Å². The molecule has 0 radical (unpaired) electrons. The van der Waals surface area contributed by atoms with Crippen molar-refractivity contribution >= 4 is 26.0 Å². The van der Waals surface area contributed by atoms with Crippen LogP contribution in [0.3, 0.4) is 0 Å². The summed E-state index contributed by atoms with van der Waals surface area (Å²) in [7, 11) is -3.82. The number of benzene rings is 1. The molecule has 124 valence electrons. The maximum absolute atomic E-state index is 10.8. The van der Waals surface area contributed by atoms with E-state index in [2.05, 4.69) is 47.1 Å². The molecule has 22 heavy (non-hydrogen) atoms. The van der Waals surface area contributed by atoms with E-state index in [1.165, 1.54) is 31.2 Å². The molecule has 1 aliphatic rings. The Labute approximate surface area is 142 Å². The zero-order chi connectivity index (χ0) is 16.2. The van der Waals surface area contributed by atoms with Crippen LogP contribution < -0.4 is 0 Å². The maximum Gasteiger partial charge on any atom is 0.264 e. The van der Waals surface area contributed by atoms with Crippen molar-refractivity contribution in [3.63, 3.8) is 0 Å². The molecule has 1 unspecified atom stereocenters. The smallest absolute Gasteiger partial charge is 0.264 e. The van der Waals surface area contributed by atoms with Gasteiger partial charge in [0.05, 0.1) is 5.75 Å². The molecule has 2 rings (SSSR count). The third-order valence-corrected chi connectivity index (χ3v) is 6.55. The van der Waals surface area contributed by atoms with E-state index >= 15 is 0 Å². The zero-order valence-corrected chi connectivity index (χ0v) is 15.5. The van der Waals surface area contributed by atoms with Crippen molar-refractivity contribution in [3.05, 3.63) is 34.3 Å². The standard InChI is InChI=1S/C17H25BrO3S/c1-14(15-6-8-16(18)9-7-15)17(10-2-3-11-17)12-4-5-13-22(19,20)21/h6-9,14H,2-5,10-13H2,1H3,(H,19,20,21). The van der Waals surface area contributed by atoms with Gasteiger partial charge in [-0.15, -0.1) is 0 Å². The van der Waals surface area contributed by atoms with Gasteiger partial charge in [-0.2, -0.15) is 8.42 Å². The minimum Gasteiger partial charge on any atom is -0.286 e. The van der Waals surface area contributed by atoms with E-state index in [0.717, 1.165) is 17.3 Å².